The Balaban J connectivity index is 2.02. The number of halogens is 4. The van der Waals surface area contributed by atoms with Crippen LogP contribution in [-0.2, 0) is 4.74 Å². The fourth-order valence-electron chi connectivity index (χ4n) is 2.60. The van der Waals surface area contributed by atoms with Crippen LogP contribution in [0, 0.1) is 5.82 Å². The van der Waals surface area contributed by atoms with Crippen LogP contribution in [0.15, 0.2) is 18.2 Å². The predicted molar refractivity (Wildman–Crippen MR) is 87.4 cm³/mol. The summed E-state index contributed by atoms with van der Waals surface area (Å²) in [5, 5.41) is 9.21. The van der Waals surface area contributed by atoms with Crippen LogP contribution in [0.4, 0.5) is 28.0 Å². The highest BCUT2D eigenvalue weighted by molar-refractivity contribution is 5.68. The van der Waals surface area contributed by atoms with Crippen LogP contribution in [0.1, 0.15) is 32.4 Å². The van der Waals surface area contributed by atoms with Crippen LogP contribution < -0.4 is 4.90 Å². The fourth-order valence-corrected chi connectivity index (χ4v) is 2.60. The van der Waals surface area contributed by atoms with Crippen LogP contribution in [0.5, 0.6) is 0 Å². The standard InChI is InChI=1S/C17H22F4N2O3/c1-16(2,3)26-15(25)23-8-6-22(7-9-23)13-5-4-11(10-12(13)18)14(24)17(19,20)21/h4-5,10,14,24H,6-9H2,1-3H3. The highest BCUT2D eigenvalue weighted by Crippen LogP contribution is 2.34. The second-order valence-corrected chi connectivity index (χ2v) is 7.11. The number of hydrogen-bond acceptors (Lipinski definition) is 4. The molecule has 1 aliphatic heterocycles. The van der Waals surface area contributed by atoms with E-state index in [1.807, 2.05) is 0 Å². The molecule has 1 N–H and O–H groups in total. The van der Waals surface area contributed by atoms with E-state index in [4.69, 9.17) is 4.74 Å². The zero-order valence-electron chi connectivity index (χ0n) is 14.8. The van der Waals surface area contributed by atoms with E-state index in [2.05, 4.69) is 0 Å². The lowest BCUT2D eigenvalue weighted by Crippen LogP contribution is -2.50. The van der Waals surface area contributed by atoms with Gasteiger partial charge in [0.15, 0.2) is 6.10 Å². The van der Waals surface area contributed by atoms with Gasteiger partial charge in [0, 0.05) is 26.2 Å². The first kappa shape index (κ1) is 20.3. The molecule has 1 aliphatic rings. The normalized spacial score (nSPS) is 17.2. The summed E-state index contributed by atoms with van der Waals surface area (Å²) in [6.45, 7) is 6.52. The number of hydrogen-bond donors (Lipinski definition) is 1. The highest BCUT2D eigenvalue weighted by Gasteiger charge is 2.39. The lowest BCUT2D eigenvalue weighted by molar-refractivity contribution is -0.206. The Morgan fingerprint density at radius 2 is 1.73 bits per heavy atom. The molecule has 0 aliphatic carbocycles. The Morgan fingerprint density at radius 3 is 2.19 bits per heavy atom. The Labute approximate surface area is 149 Å². The number of carbonyl (C=O) groups excluding carboxylic acids is 1. The number of rotatable bonds is 2. The molecular weight excluding hydrogens is 356 g/mol. The molecule has 0 spiro atoms. The van der Waals surface area contributed by atoms with E-state index in [0.29, 0.717) is 32.2 Å². The monoisotopic (exact) mass is 378 g/mol. The van der Waals surface area contributed by atoms with Crippen LogP contribution >= 0.6 is 0 Å². The summed E-state index contributed by atoms with van der Waals surface area (Å²) < 4.78 is 57.1. The molecule has 0 radical (unpaired) electrons. The van der Waals surface area contributed by atoms with E-state index in [1.165, 1.54) is 11.0 Å². The molecule has 0 saturated carbocycles. The van der Waals surface area contributed by atoms with Crippen molar-refractivity contribution in [3.63, 3.8) is 0 Å². The number of anilines is 1. The summed E-state index contributed by atoms with van der Waals surface area (Å²) in [4.78, 5) is 15.2. The molecule has 1 amide bonds. The lowest BCUT2D eigenvalue weighted by atomic mass is 10.1. The number of piperazine rings is 1. The minimum absolute atomic E-state index is 0.131. The van der Waals surface area contributed by atoms with Crippen molar-refractivity contribution >= 4 is 11.8 Å². The minimum Gasteiger partial charge on any atom is -0.444 e. The van der Waals surface area contributed by atoms with Gasteiger partial charge in [-0.3, -0.25) is 0 Å². The van der Waals surface area contributed by atoms with Crippen molar-refractivity contribution in [2.75, 3.05) is 31.1 Å². The van der Waals surface area contributed by atoms with Gasteiger partial charge in [-0.25, -0.2) is 9.18 Å². The molecule has 1 heterocycles. The number of nitrogens with zero attached hydrogens (tertiary/aromatic N) is 2. The van der Waals surface area contributed by atoms with Gasteiger partial charge in [-0.2, -0.15) is 13.2 Å². The van der Waals surface area contributed by atoms with Crippen molar-refractivity contribution < 1.29 is 32.2 Å². The van der Waals surface area contributed by atoms with Gasteiger partial charge in [-0.05, 0) is 38.5 Å². The first-order valence-electron chi connectivity index (χ1n) is 8.15. The van der Waals surface area contributed by atoms with Crippen molar-refractivity contribution in [1.29, 1.82) is 0 Å². The first-order valence-corrected chi connectivity index (χ1v) is 8.15. The molecule has 9 heteroatoms. The SMILES string of the molecule is CC(C)(C)OC(=O)N1CCN(c2ccc(C(O)C(F)(F)F)cc2F)CC1. The fraction of sp³-hybridized carbons (Fsp3) is 0.588. The number of ether oxygens (including phenoxy) is 1. The average molecular weight is 378 g/mol. The summed E-state index contributed by atoms with van der Waals surface area (Å²) in [6.07, 6.45) is -8.04. The molecule has 0 bridgehead atoms. The average Bonchev–Trinajstić information content (AvgIpc) is 2.51. The summed E-state index contributed by atoms with van der Waals surface area (Å²) in [7, 11) is 0. The third-order valence-electron chi connectivity index (χ3n) is 3.87. The molecule has 26 heavy (non-hydrogen) atoms. The largest absolute Gasteiger partial charge is 0.444 e. The Bertz CT molecular complexity index is 650. The minimum atomic E-state index is -4.85. The van der Waals surface area contributed by atoms with Crippen molar-refractivity contribution in [1.82, 2.24) is 4.90 Å². The highest BCUT2D eigenvalue weighted by atomic mass is 19.4. The Hall–Kier alpha value is -2.03. The van der Waals surface area contributed by atoms with E-state index >= 15 is 0 Å². The molecule has 1 aromatic carbocycles. The van der Waals surface area contributed by atoms with E-state index in [0.717, 1.165) is 6.07 Å². The predicted octanol–water partition coefficient (Wildman–Crippen LogP) is 3.48. The van der Waals surface area contributed by atoms with Crippen molar-refractivity contribution in [2.45, 2.75) is 38.7 Å². The van der Waals surface area contributed by atoms with E-state index in [9.17, 15) is 27.5 Å². The maximum atomic E-state index is 14.2. The summed E-state index contributed by atoms with van der Waals surface area (Å²) in [5.41, 5.74) is -1.03. The molecule has 1 saturated heterocycles. The number of amides is 1. The quantitative estimate of drug-likeness (QED) is 0.801. The Kier molecular flexibility index (Phi) is 5.70. The first-order chi connectivity index (χ1) is 11.9. The van der Waals surface area contributed by atoms with Crippen LogP contribution in [-0.4, -0.2) is 54.1 Å². The second kappa shape index (κ2) is 7.30. The molecule has 1 atom stereocenters. The van der Waals surface area contributed by atoms with Gasteiger partial charge in [-0.1, -0.05) is 6.07 Å². The third kappa shape index (κ3) is 5.00. The van der Waals surface area contributed by atoms with Crippen LogP contribution in [0.25, 0.3) is 0 Å². The summed E-state index contributed by atoms with van der Waals surface area (Å²) >= 11 is 0. The molecule has 1 aromatic rings. The van der Waals surface area contributed by atoms with Crippen molar-refractivity contribution in [3.05, 3.63) is 29.6 Å². The van der Waals surface area contributed by atoms with Gasteiger partial charge in [0.05, 0.1) is 5.69 Å². The maximum absolute atomic E-state index is 14.2. The van der Waals surface area contributed by atoms with Gasteiger partial charge < -0.3 is 19.6 Å². The van der Waals surface area contributed by atoms with Gasteiger partial charge >= 0.3 is 12.3 Å². The number of aliphatic hydroxyl groups excluding tert-OH is 1. The molecule has 1 fully saturated rings. The maximum Gasteiger partial charge on any atom is 0.418 e. The molecule has 5 nitrogen and oxygen atoms in total. The zero-order valence-corrected chi connectivity index (χ0v) is 14.8. The zero-order chi connectivity index (χ0) is 19.7. The number of alkyl halides is 3. The second-order valence-electron chi connectivity index (χ2n) is 7.11. The molecular formula is C17H22F4N2O3. The molecule has 1 unspecified atom stereocenters. The molecule has 146 valence electrons. The topological polar surface area (TPSA) is 53.0 Å². The van der Waals surface area contributed by atoms with Crippen LogP contribution in [0.2, 0.25) is 0 Å². The lowest BCUT2D eigenvalue weighted by Gasteiger charge is -2.37. The summed E-state index contributed by atoms with van der Waals surface area (Å²) in [6, 6.07) is 2.95. The molecule has 2 rings (SSSR count). The van der Waals surface area contributed by atoms with Gasteiger partial charge in [0.25, 0.3) is 0 Å². The molecule has 0 aromatic heterocycles. The van der Waals surface area contributed by atoms with Crippen LogP contribution in [0.3, 0.4) is 0 Å². The van der Waals surface area contributed by atoms with Gasteiger partial charge in [0.2, 0.25) is 0 Å². The number of carbonyl (C=O) groups is 1. The Morgan fingerprint density at radius 1 is 1.15 bits per heavy atom. The van der Waals surface area contributed by atoms with Gasteiger partial charge in [-0.15, -0.1) is 0 Å². The van der Waals surface area contributed by atoms with Crippen molar-refractivity contribution in [2.24, 2.45) is 0 Å². The number of aliphatic hydroxyl groups is 1. The summed E-state index contributed by atoms with van der Waals surface area (Å²) in [5.74, 6) is -0.850. The van der Waals surface area contributed by atoms with Gasteiger partial charge in [0.1, 0.15) is 11.4 Å². The van der Waals surface area contributed by atoms with E-state index in [1.54, 1.807) is 25.7 Å². The third-order valence-corrected chi connectivity index (χ3v) is 3.87. The van der Waals surface area contributed by atoms with E-state index in [-0.39, 0.29) is 5.69 Å². The number of benzene rings is 1. The van der Waals surface area contributed by atoms with Crippen molar-refractivity contribution in [3.8, 4) is 0 Å². The smallest absolute Gasteiger partial charge is 0.418 e. The van der Waals surface area contributed by atoms with E-state index < -0.39 is 35.4 Å².